The van der Waals surface area contributed by atoms with E-state index in [4.69, 9.17) is 4.74 Å². The van der Waals surface area contributed by atoms with Gasteiger partial charge in [0, 0.05) is 13.4 Å². The summed E-state index contributed by atoms with van der Waals surface area (Å²) in [4.78, 5) is 16.3. The predicted molar refractivity (Wildman–Crippen MR) is 70.7 cm³/mol. The average molecular weight is 289 g/mol. The highest BCUT2D eigenvalue weighted by Crippen LogP contribution is 2.36. The van der Waals surface area contributed by atoms with Gasteiger partial charge in [-0.05, 0) is 19.3 Å². The molecule has 1 aliphatic heterocycles. The first-order valence-corrected chi connectivity index (χ1v) is 8.17. The first kappa shape index (κ1) is 14.3. The number of hydrogen-bond acceptors (Lipinski definition) is 5. The maximum absolute atomic E-state index is 12.1. The van der Waals surface area contributed by atoms with Crippen molar-refractivity contribution < 1.29 is 17.9 Å². The maximum atomic E-state index is 12.1. The molecule has 19 heavy (non-hydrogen) atoms. The molecule has 2 fully saturated rings. The second kappa shape index (κ2) is 5.09. The minimum atomic E-state index is -3.28. The van der Waals surface area contributed by atoms with Gasteiger partial charge in [0.1, 0.15) is 5.54 Å². The fourth-order valence-electron chi connectivity index (χ4n) is 2.80. The standard InChI is InChI=1S/C11H19N3O4S/c1-18-7-6-12-10-13-9(15)11(14-10)5-3-4-8(11)19(2,16)17/h8H,3-7H2,1-2H3,(H2,12,13,14,15). The highest BCUT2D eigenvalue weighted by molar-refractivity contribution is 7.91. The van der Waals surface area contributed by atoms with Crippen LogP contribution in [0.25, 0.3) is 0 Å². The number of nitrogens with one attached hydrogen (secondary N) is 2. The van der Waals surface area contributed by atoms with E-state index in [0.717, 1.165) is 0 Å². The van der Waals surface area contributed by atoms with Crippen molar-refractivity contribution in [1.29, 1.82) is 0 Å². The zero-order valence-corrected chi connectivity index (χ0v) is 11.9. The van der Waals surface area contributed by atoms with Gasteiger partial charge >= 0.3 is 0 Å². The van der Waals surface area contributed by atoms with E-state index in [1.54, 1.807) is 7.11 Å². The Bertz CT molecular complexity index is 502. The summed E-state index contributed by atoms with van der Waals surface area (Å²) in [5, 5.41) is 4.93. The Balaban J connectivity index is 2.20. The number of rotatable bonds is 4. The van der Waals surface area contributed by atoms with Crippen LogP contribution in [0.15, 0.2) is 4.99 Å². The number of methoxy groups -OCH3 is 1. The lowest BCUT2D eigenvalue weighted by atomic mass is 9.98. The second-order valence-corrected chi connectivity index (χ2v) is 7.21. The van der Waals surface area contributed by atoms with Crippen molar-refractivity contribution in [3.8, 4) is 0 Å². The topological polar surface area (TPSA) is 96.9 Å². The average Bonchev–Trinajstić information content (AvgIpc) is 2.85. The van der Waals surface area contributed by atoms with Crippen molar-refractivity contribution in [2.45, 2.75) is 30.1 Å². The molecular formula is C11H19N3O4S. The molecule has 1 heterocycles. The predicted octanol–water partition coefficient (Wildman–Crippen LogP) is -0.956. The number of carbonyl (C=O) groups is 1. The highest BCUT2D eigenvalue weighted by Gasteiger charge is 2.57. The number of sulfone groups is 1. The van der Waals surface area contributed by atoms with Gasteiger partial charge in [-0.1, -0.05) is 0 Å². The molecule has 7 nitrogen and oxygen atoms in total. The van der Waals surface area contributed by atoms with Crippen LogP contribution in [0.2, 0.25) is 0 Å². The van der Waals surface area contributed by atoms with Gasteiger partial charge in [-0.2, -0.15) is 0 Å². The molecule has 0 bridgehead atoms. The molecule has 2 unspecified atom stereocenters. The van der Waals surface area contributed by atoms with Crippen molar-refractivity contribution in [3.05, 3.63) is 0 Å². The first-order valence-electron chi connectivity index (χ1n) is 6.22. The Kier molecular flexibility index (Phi) is 3.82. The summed E-state index contributed by atoms with van der Waals surface area (Å²) >= 11 is 0. The molecule has 0 aromatic rings. The van der Waals surface area contributed by atoms with E-state index in [1.807, 2.05) is 0 Å². The zero-order chi connectivity index (χ0) is 14.1. The smallest absolute Gasteiger partial charge is 0.253 e. The fourth-order valence-corrected chi connectivity index (χ4v) is 4.41. The molecule has 0 radical (unpaired) electrons. The molecule has 2 atom stereocenters. The summed E-state index contributed by atoms with van der Waals surface area (Å²) in [5.41, 5.74) is -1.04. The van der Waals surface area contributed by atoms with Gasteiger partial charge in [-0.25, -0.2) is 8.42 Å². The number of nitrogens with zero attached hydrogens (tertiary/aromatic N) is 1. The summed E-state index contributed by atoms with van der Waals surface area (Å²) in [5.74, 6) is 0.0502. The molecule has 2 aliphatic rings. The van der Waals surface area contributed by atoms with Crippen molar-refractivity contribution in [2.24, 2.45) is 4.99 Å². The second-order valence-electron chi connectivity index (χ2n) is 4.98. The van der Waals surface area contributed by atoms with Crippen LogP contribution in [0.3, 0.4) is 0 Å². The molecule has 8 heteroatoms. The molecule has 2 rings (SSSR count). The summed E-state index contributed by atoms with van der Waals surface area (Å²) in [7, 11) is -1.71. The third kappa shape index (κ3) is 2.59. The highest BCUT2D eigenvalue weighted by atomic mass is 32.2. The SMILES string of the molecule is COCCN=C1NC(=O)C2(CCCC2S(C)(=O)=O)N1. The third-order valence-corrected chi connectivity index (χ3v) is 5.32. The lowest BCUT2D eigenvalue weighted by Crippen LogP contribution is -2.55. The van der Waals surface area contributed by atoms with E-state index in [9.17, 15) is 13.2 Å². The third-order valence-electron chi connectivity index (χ3n) is 3.65. The Morgan fingerprint density at radius 1 is 1.53 bits per heavy atom. The summed E-state index contributed by atoms with van der Waals surface area (Å²) in [6.45, 7) is 0.863. The number of aliphatic imine (C=N–C) groups is 1. The van der Waals surface area contributed by atoms with Crippen molar-refractivity contribution in [1.82, 2.24) is 10.6 Å². The zero-order valence-electron chi connectivity index (χ0n) is 11.1. The van der Waals surface area contributed by atoms with Crippen LogP contribution in [0.1, 0.15) is 19.3 Å². The Morgan fingerprint density at radius 3 is 2.89 bits per heavy atom. The monoisotopic (exact) mass is 289 g/mol. The molecule has 108 valence electrons. The largest absolute Gasteiger partial charge is 0.383 e. The van der Waals surface area contributed by atoms with Crippen LogP contribution < -0.4 is 10.6 Å². The first-order chi connectivity index (χ1) is 8.90. The number of hydrogen-bond donors (Lipinski definition) is 2. The number of ether oxygens (including phenoxy) is 1. The van der Waals surface area contributed by atoms with Crippen LogP contribution in [-0.2, 0) is 19.4 Å². The maximum Gasteiger partial charge on any atom is 0.253 e. The molecule has 1 amide bonds. The van der Waals surface area contributed by atoms with Gasteiger partial charge in [0.2, 0.25) is 0 Å². The Morgan fingerprint density at radius 2 is 2.26 bits per heavy atom. The van der Waals surface area contributed by atoms with Gasteiger partial charge in [-0.15, -0.1) is 0 Å². The van der Waals surface area contributed by atoms with Gasteiger partial charge in [0.25, 0.3) is 5.91 Å². The molecule has 1 saturated heterocycles. The summed E-state index contributed by atoms with van der Waals surface area (Å²) < 4.78 is 28.5. The van der Waals surface area contributed by atoms with Crippen LogP contribution in [0, 0.1) is 0 Å². The lowest BCUT2D eigenvalue weighted by molar-refractivity contribution is -0.123. The minimum Gasteiger partial charge on any atom is -0.383 e. The molecule has 1 spiro atoms. The molecule has 1 aliphatic carbocycles. The van der Waals surface area contributed by atoms with E-state index in [-0.39, 0.29) is 5.91 Å². The van der Waals surface area contributed by atoms with E-state index >= 15 is 0 Å². The normalized spacial score (nSPS) is 32.8. The number of guanidine groups is 1. The minimum absolute atomic E-state index is 0.295. The van der Waals surface area contributed by atoms with Crippen LogP contribution >= 0.6 is 0 Å². The van der Waals surface area contributed by atoms with Gasteiger partial charge in [0.05, 0.1) is 18.4 Å². The van der Waals surface area contributed by atoms with Crippen molar-refractivity contribution in [2.75, 3.05) is 26.5 Å². The summed E-state index contributed by atoms with van der Waals surface area (Å²) in [6, 6.07) is 0. The van der Waals surface area contributed by atoms with E-state index < -0.39 is 20.6 Å². The molecule has 0 aromatic heterocycles. The number of carbonyl (C=O) groups excluding carboxylic acids is 1. The molecule has 1 saturated carbocycles. The van der Waals surface area contributed by atoms with E-state index in [1.165, 1.54) is 6.26 Å². The van der Waals surface area contributed by atoms with Gasteiger partial charge < -0.3 is 10.1 Å². The quantitative estimate of drug-likeness (QED) is 0.650. The molecular weight excluding hydrogens is 270 g/mol. The van der Waals surface area contributed by atoms with Crippen molar-refractivity contribution in [3.63, 3.8) is 0 Å². The molecule has 2 N–H and O–H groups in total. The fraction of sp³-hybridized carbons (Fsp3) is 0.818. The van der Waals surface area contributed by atoms with Crippen LogP contribution in [0.4, 0.5) is 0 Å². The summed E-state index contributed by atoms with van der Waals surface area (Å²) in [6.07, 6.45) is 2.91. The lowest BCUT2D eigenvalue weighted by Gasteiger charge is -2.26. The Hall–Kier alpha value is -1.15. The van der Waals surface area contributed by atoms with Crippen LogP contribution in [0.5, 0.6) is 0 Å². The van der Waals surface area contributed by atoms with E-state index in [0.29, 0.717) is 38.4 Å². The molecule has 0 aromatic carbocycles. The number of amides is 1. The Labute approximate surface area is 112 Å². The van der Waals surface area contributed by atoms with E-state index in [2.05, 4.69) is 15.6 Å². The van der Waals surface area contributed by atoms with Crippen LogP contribution in [-0.4, -0.2) is 57.6 Å². The van der Waals surface area contributed by atoms with Gasteiger partial charge in [0.15, 0.2) is 15.8 Å². The van der Waals surface area contributed by atoms with Crippen molar-refractivity contribution >= 4 is 21.7 Å². The van der Waals surface area contributed by atoms with Gasteiger partial charge in [-0.3, -0.25) is 15.1 Å².